The van der Waals surface area contributed by atoms with Gasteiger partial charge in [-0.1, -0.05) is 26.3 Å². The molecular formula is C15H25FN2O2S. The fourth-order valence-corrected chi connectivity index (χ4v) is 3.19. The fraction of sp³-hybridized carbons (Fsp3) is 0.600. The second-order valence-corrected chi connectivity index (χ2v) is 7.13. The van der Waals surface area contributed by atoms with E-state index in [1.54, 1.807) is 6.07 Å². The zero-order chi connectivity index (χ0) is 15.9. The van der Waals surface area contributed by atoms with Crippen LogP contribution in [0.3, 0.4) is 0 Å². The fourth-order valence-electron chi connectivity index (χ4n) is 1.94. The Labute approximate surface area is 127 Å². The molecule has 0 saturated heterocycles. The lowest BCUT2D eigenvalue weighted by atomic mass is 10.2. The van der Waals surface area contributed by atoms with Crippen molar-refractivity contribution >= 4 is 10.0 Å². The first kappa shape index (κ1) is 18.1. The van der Waals surface area contributed by atoms with Crippen molar-refractivity contribution in [1.82, 2.24) is 9.62 Å². The predicted molar refractivity (Wildman–Crippen MR) is 83.1 cm³/mol. The molecule has 4 nitrogen and oxygen atoms in total. The summed E-state index contributed by atoms with van der Waals surface area (Å²) in [6.45, 7) is 5.82. The number of nitrogens with zero attached hydrogens (tertiary/aromatic N) is 1. The maximum absolute atomic E-state index is 14.1. The van der Waals surface area contributed by atoms with Crippen molar-refractivity contribution < 1.29 is 12.8 Å². The van der Waals surface area contributed by atoms with E-state index >= 15 is 0 Å². The number of benzene rings is 1. The highest BCUT2D eigenvalue weighted by molar-refractivity contribution is 7.89. The predicted octanol–water partition coefficient (Wildman–Crippen LogP) is 2.75. The molecular weight excluding hydrogens is 291 g/mol. The molecule has 0 spiro atoms. The van der Waals surface area contributed by atoms with E-state index in [1.807, 2.05) is 6.92 Å². The molecule has 0 amide bonds. The monoisotopic (exact) mass is 316 g/mol. The van der Waals surface area contributed by atoms with E-state index in [9.17, 15) is 12.8 Å². The summed E-state index contributed by atoms with van der Waals surface area (Å²) < 4.78 is 39.9. The van der Waals surface area contributed by atoms with Crippen molar-refractivity contribution in [2.45, 2.75) is 44.6 Å². The first-order valence-corrected chi connectivity index (χ1v) is 8.83. The molecule has 1 rings (SSSR count). The number of rotatable bonds is 9. The van der Waals surface area contributed by atoms with E-state index in [0.29, 0.717) is 13.1 Å². The van der Waals surface area contributed by atoms with Crippen molar-refractivity contribution in [1.29, 1.82) is 0 Å². The molecule has 0 atom stereocenters. The van der Waals surface area contributed by atoms with Gasteiger partial charge in [-0.3, -0.25) is 0 Å². The molecule has 0 aliphatic rings. The Bertz CT molecular complexity index is 547. The van der Waals surface area contributed by atoms with Crippen molar-refractivity contribution in [3.8, 4) is 0 Å². The minimum absolute atomic E-state index is 0.250. The van der Waals surface area contributed by atoms with Gasteiger partial charge in [-0.2, -0.15) is 0 Å². The Morgan fingerprint density at radius 2 is 1.95 bits per heavy atom. The molecule has 1 aromatic rings. The molecule has 1 aromatic carbocycles. The summed E-state index contributed by atoms with van der Waals surface area (Å²) in [5.41, 5.74) is 0.746. The normalized spacial score (nSPS) is 12.0. The Hall–Kier alpha value is -0.980. The minimum Gasteiger partial charge on any atom is -0.313 e. The van der Waals surface area contributed by atoms with Gasteiger partial charge in [-0.25, -0.2) is 17.1 Å². The van der Waals surface area contributed by atoms with E-state index in [1.165, 1.54) is 23.5 Å². The maximum atomic E-state index is 14.1. The van der Waals surface area contributed by atoms with Crippen LogP contribution in [0.5, 0.6) is 0 Å². The Balaban J connectivity index is 2.88. The maximum Gasteiger partial charge on any atom is 0.245 e. The van der Waals surface area contributed by atoms with Crippen molar-refractivity contribution in [3.63, 3.8) is 0 Å². The first-order valence-electron chi connectivity index (χ1n) is 7.39. The van der Waals surface area contributed by atoms with Gasteiger partial charge < -0.3 is 5.32 Å². The molecule has 0 unspecified atom stereocenters. The lowest BCUT2D eigenvalue weighted by Gasteiger charge is -2.17. The average Bonchev–Trinajstić information content (AvgIpc) is 2.44. The molecule has 0 aromatic heterocycles. The minimum atomic E-state index is -3.75. The molecule has 0 saturated carbocycles. The zero-order valence-corrected chi connectivity index (χ0v) is 13.8. The van der Waals surface area contributed by atoms with Crippen LogP contribution in [0.1, 0.15) is 38.7 Å². The second-order valence-electron chi connectivity index (χ2n) is 5.12. The van der Waals surface area contributed by atoms with Gasteiger partial charge in [0.25, 0.3) is 0 Å². The van der Waals surface area contributed by atoms with Gasteiger partial charge in [0, 0.05) is 20.1 Å². The summed E-state index contributed by atoms with van der Waals surface area (Å²) in [4.78, 5) is -0.250. The summed E-state index contributed by atoms with van der Waals surface area (Å²) in [6, 6.07) is 4.31. The van der Waals surface area contributed by atoms with E-state index in [-0.39, 0.29) is 4.90 Å². The van der Waals surface area contributed by atoms with Gasteiger partial charge in [0.2, 0.25) is 10.0 Å². The summed E-state index contributed by atoms with van der Waals surface area (Å²) >= 11 is 0. The molecule has 0 fully saturated rings. The molecule has 0 radical (unpaired) electrons. The highest BCUT2D eigenvalue weighted by Gasteiger charge is 2.24. The lowest BCUT2D eigenvalue weighted by molar-refractivity contribution is 0.453. The molecule has 21 heavy (non-hydrogen) atoms. The largest absolute Gasteiger partial charge is 0.313 e. The van der Waals surface area contributed by atoms with Crippen LogP contribution in [0.15, 0.2) is 23.1 Å². The van der Waals surface area contributed by atoms with Crippen LogP contribution < -0.4 is 5.32 Å². The smallest absolute Gasteiger partial charge is 0.245 e. The highest BCUT2D eigenvalue weighted by Crippen LogP contribution is 2.20. The molecule has 0 heterocycles. The van der Waals surface area contributed by atoms with E-state index in [4.69, 9.17) is 0 Å². The average molecular weight is 316 g/mol. The number of sulfonamides is 1. The second kappa shape index (κ2) is 8.46. The number of hydrogen-bond donors (Lipinski definition) is 1. The molecule has 6 heteroatoms. The van der Waals surface area contributed by atoms with Crippen molar-refractivity contribution in [3.05, 3.63) is 29.6 Å². The van der Waals surface area contributed by atoms with Crippen LogP contribution in [-0.2, 0) is 16.6 Å². The summed E-state index contributed by atoms with van der Waals surface area (Å²) in [5.74, 6) is -0.686. The third-order valence-electron chi connectivity index (χ3n) is 3.27. The summed E-state index contributed by atoms with van der Waals surface area (Å²) in [7, 11) is -2.26. The summed E-state index contributed by atoms with van der Waals surface area (Å²) in [5, 5.41) is 3.16. The lowest BCUT2D eigenvalue weighted by Crippen LogP contribution is -2.28. The van der Waals surface area contributed by atoms with Gasteiger partial charge in [0.15, 0.2) is 0 Å². The van der Waals surface area contributed by atoms with Crippen LogP contribution in [0.2, 0.25) is 0 Å². The molecule has 0 bridgehead atoms. The zero-order valence-electron chi connectivity index (χ0n) is 13.0. The SMILES string of the molecule is CCCCN(C)S(=O)(=O)c1ccc(CNCCC)cc1F. The molecule has 0 aliphatic carbocycles. The van der Waals surface area contributed by atoms with E-state index in [0.717, 1.165) is 31.4 Å². The Morgan fingerprint density at radius 3 is 2.52 bits per heavy atom. The standard InChI is InChI=1S/C15H25FN2O2S/c1-4-6-10-18(3)21(19,20)15-8-7-13(11-14(15)16)12-17-9-5-2/h7-8,11,17H,4-6,9-10,12H2,1-3H3. The number of nitrogens with one attached hydrogen (secondary N) is 1. The molecule has 1 N–H and O–H groups in total. The Morgan fingerprint density at radius 1 is 1.24 bits per heavy atom. The quantitative estimate of drug-likeness (QED) is 0.713. The van der Waals surface area contributed by atoms with Crippen molar-refractivity contribution in [2.75, 3.05) is 20.1 Å². The third kappa shape index (κ3) is 5.05. The molecule has 0 aliphatic heterocycles. The van der Waals surface area contributed by atoms with Crippen LogP contribution in [0, 0.1) is 5.82 Å². The van der Waals surface area contributed by atoms with Gasteiger partial charge in [0.05, 0.1) is 0 Å². The van der Waals surface area contributed by atoms with Crippen molar-refractivity contribution in [2.24, 2.45) is 0 Å². The van der Waals surface area contributed by atoms with Gasteiger partial charge in [-0.15, -0.1) is 0 Å². The topological polar surface area (TPSA) is 49.4 Å². The van der Waals surface area contributed by atoms with Gasteiger partial charge >= 0.3 is 0 Å². The first-order chi connectivity index (χ1) is 9.93. The number of hydrogen-bond acceptors (Lipinski definition) is 3. The van der Waals surface area contributed by atoms with Gasteiger partial charge in [0.1, 0.15) is 10.7 Å². The van der Waals surface area contributed by atoms with Crippen LogP contribution >= 0.6 is 0 Å². The summed E-state index contributed by atoms with van der Waals surface area (Å²) in [6.07, 6.45) is 2.65. The van der Waals surface area contributed by atoms with Crippen LogP contribution in [0.25, 0.3) is 0 Å². The van der Waals surface area contributed by atoms with E-state index in [2.05, 4.69) is 12.2 Å². The third-order valence-corrected chi connectivity index (χ3v) is 5.16. The molecule has 120 valence electrons. The van der Waals surface area contributed by atoms with Crippen LogP contribution in [0.4, 0.5) is 4.39 Å². The number of unbranched alkanes of at least 4 members (excludes halogenated alkanes) is 1. The Kier molecular flexibility index (Phi) is 7.28. The number of halogens is 1. The highest BCUT2D eigenvalue weighted by atomic mass is 32.2. The van der Waals surface area contributed by atoms with Crippen LogP contribution in [-0.4, -0.2) is 32.9 Å². The van der Waals surface area contributed by atoms with Gasteiger partial charge in [-0.05, 0) is 37.1 Å². The van der Waals surface area contributed by atoms with E-state index < -0.39 is 15.8 Å².